The van der Waals surface area contributed by atoms with Crippen molar-refractivity contribution in [3.05, 3.63) is 64.7 Å². The zero-order valence-corrected chi connectivity index (χ0v) is 19.8. The Balaban J connectivity index is 1.36. The van der Waals surface area contributed by atoms with Gasteiger partial charge in [-0.3, -0.25) is 9.48 Å². The third kappa shape index (κ3) is 3.59. The van der Waals surface area contributed by atoms with Gasteiger partial charge in [-0.15, -0.1) is 0 Å². The van der Waals surface area contributed by atoms with Gasteiger partial charge in [-0.25, -0.2) is 4.68 Å². The van der Waals surface area contributed by atoms with Crippen molar-refractivity contribution in [3.63, 3.8) is 0 Å². The Morgan fingerprint density at radius 2 is 1.79 bits per heavy atom. The fraction of sp³-hybridized carbons (Fsp3) is 0.500. The van der Waals surface area contributed by atoms with Crippen LogP contribution in [0.25, 0.3) is 5.69 Å². The molecule has 1 N–H and O–H groups in total. The molecule has 4 bridgehead atoms. The smallest absolute Gasteiger partial charge is 0.255 e. The Morgan fingerprint density at radius 3 is 2.42 bits per heavy atom. The number of hydrogen-bond donors (Lipinski definition) is 1. The largest absolute Gasteiger partial charge is 0.346 e. The SMILES string of the molecule is CCn1ncc(Cl)c1CNC(=O)c1cn(-c2ccccc2)nc1C12CC3CC(CC(C3)C1)C2. The van der Waals surface area contributed by atoms with Gasteiger partial charge >= 0.3 is 0 Å². The van der Waals surface area contributed by atoms with Crippen molar-refractivity contribution in [1.82, 2.24) is 24.9 Å². The van der Waals surface area contributed by atoms with E-state index in [0.29, 0.717) is 23.7 Å². The maximum atomic E-state index is 13.6. The minimum atomic E-state index is -0.0807. The van der Waals surface area contributed by atoms with Crippen LogP contribution in [-0.2, 0) is 18.5 Å². The lowest BCUT2D eigenvalue weighted by molar-refractivity contribution is -0.00770. The maximum Gasteiger partial charge on any atom is 0.255 e. The topological polar surface area (TPSA) is 64.7 Å². The van der Waals surface area contributed by atoms with Crippen LogP contribution in [0.4, 0.5) is 0 Å². The van der Waals surface area contributed by atoms with Crippen molar-refractivity contribution < 1.29 is 4.79 Å². The number of aryl methyl sites for hydroxylation is 1. The van der Waals surface area contributed by atoms with Gasteiger partial charge in [0.25, 0.3) is 5.91 Å². The molecule has 1 aromatic carbocycles. The second-order valence-electron chi connectivity index (χ2n) is 10.3. The van der Waals surface area contributed by atoms with Gasteiger partial charge in [0.1, 0.15) is 0 Å². The molecule has 7 rings (SSSR count). The molecule has 1 amide bonds. The first kappa shape index (κ1) is 21.0. The summed E-state index contributed by atoms with van der Waals surface area (Å²) in [6, 6.07) is 10.1. The molecule has 0 radical (unpaired) electrons. The summed E-state index contributed by atoms with van der Waals surface area (Å²) in [6.45, 7) is 3.08. The third-order valence-corrected chi connectivity index (χ3v) is 8.45. The van der Waals surface area contributed by atoms with E-state index >= 15 is 0 Å². The number of para-hydroxylation sites is 1. The summed E-state index contributed by atoms with van der Waals surface area (Å²) in [5, 5.41) is 13.1. The lowest BCUT2D eigenvalue weighted by Gasteiger charge is -2.56. The summed E-state index contributed by atoms with van der Waals surface area (Å²) in [4.78, 5) is 13.6. The first-order chi connectivity index (χ1) is 16.0. The van der Waals surface area contributed by atoms with Gasteiger partial charge in [0.2, 0.25) is 0 Å². The average molecular weight is 464 g/mol. The number of carbonyl (C=O) groups is 1. The van der Waals surface area contributed by atoms with Crippen molar-refractivity contribution in [3.8, 4) is 5.69 Å². The molecule has 0 atom stereocenters. The predicted molar refractivity (Wildman–Crippen MR) is 127 cm³/mol. The molecular weight excluding hydrogens is 434 g/mol. The first-order valence-corrected chi connectivity index (χ1v) is 12.6. The Morgan fingerprint density at radius 1 is 1.12 bits per heavy atom. The molecule has 2 aromatic heterocycles. The van der Waals surface area contributed by atoms with E-state index in [-0.39, 0.29) is 11.3 Å². The van der Waals surface area contributed by atoms with E-state index in [4.69, 9.17) is 16.7 Å². The lowest BCUT2D eigenvalue weighted by Crippen LogP contribution is -2.49. The lowest BCUT2D eigenvalue weighted by atomic mass is 9.48. The maximum absolute atomic E-state index is 13.6. The third-order valence-electron chi connectivity index (χ3n) is 8.13. The number of carbonyl (C=O) groups excluding carboxylic acids is 1. The highest BCUT2D eigenvalue weighted by atomic mass is 35.5. The number of nitrogens with zero attached hydrogens (tertiary/aromatic N) is 4. The van der Waals surface area contributed by atoms with Gasteiger partial charge in [0, 0.05) is 18.2 Å². The second-order valence-corrected chi connectivity index (χ2v) is 10.7. The Hall–Kier alpha value is -2.60. The van der Waals surface area contributed by atoms with Crippen molar-refractivity contribution in [2.45, 2.75) is 64.0 Å². The van der Waals surface area contributed by atoms with Crippen LogP contribution in [0, 0.1) is 17.8 Å². The fourth-order valence-electron chi connectivity index (χ4n) is 7.14. The highest BCUT2D eigenvalue weighted by molar-refractivity contribution is 6.31. The highest BCUT2D eigenvalue weighted by Gasteiger charge is 2.53. The van der Waals surface area contributed by atoms with E-state index in [1.165, 1.54) is 38.5 Å². The number of halogens is 1. The summed E-state index contributed by atoms with van der Waals surface area (Å²) in [7, 11) is 0. The van der Waals surface area contributed by atoms with Crippen LogP contribution < -0.4 is 5.32 Å². The van der Waals surface area contributed by atoms with Crippen molar-refractivity contribution in [2.24, 2.45) is 17.8 Å². The van der Waals surface area contributed by atoms with Gasteiger partial charge in [0.15, 0.2) is 0 Å². The van der Waals surface area contributed by atoms with Crippen LogP contribution >= 0.6 is 11.6 Å². The molecule has 33 heavy (non-hydrogen) atoms. The van der Waals surface area contributed by atoms with E-state index in [0.717, 1.165) is 34.8 Å². The Labute approximate surface area is 199 Å². The molecule has 0 spiro atoms. The number of benzene rings is 1. The summed E-state index contributed by atoms with van der Waals surface area (Å²) < 4.78 is 3.72. The van der Waals surface area contributed by atoms with E-state index in [1.54, 1.807) is 6.20 Å². The predicted octanol–water partition coefficient (Wildman–Crippen LogP) is 5.14. The number of hydrogen-bond acceptors (Lipinski definition) is 3. The molecule has 172 valence electrons. The van der Waals surface area contributed by atoms with Gasteiger partial charge in [-0.1, -0.05) is 29.8 Å². The van der Waals surface area contributed by atoms with Crippen LogP contribution in [-0.4, -0.2) is 25.5 Å². The molecule has 2 heterocycles. The molecular formula is C26H30ClN5O. The fourth-order valence-corrected chi connectivity index (χ4v) is 7.35. The van der Waals surface area contributed by atoms with Gasteiger partial charge in [-0.2, -0.15) is 10.2 Å². The van der Waals surface area contributed by atoms with E-state index < -0.39 is 0 Å². The van der Waals surface area contributed by atoms with Crippen LogP contribution in [0.5, 0.6) is 0 Å². The minimum Gasteiger partial charge on any atom is -0.346 e. The summed E-state index contributed by atoms with van der Waals surface area (Å²) in [5.41, 5.74) is 3.55. The molecule has 0 unspecified atom stereocenters. The number of rotatable bonds is 6. The normalized spacial score (nSPS) is 27.8. The quantitative estimate of drug-likeness (QED) is 0.550. The van der Waals surface area contributed by atoms with Gasteiger partial charge < -0.3 is 5.32 Å². The summed E-state index contributed by atoms with van der Waals surface area (Å²) >= 11 is 6.33. The molecule has 4 aliphatic rings. The van der Waals surface area contributed by atoms with Crippen LogP contribution in [0.3, 0.4) is 0 Å². The molecule has 4 fully saturated rings. The zero-order chi connectivity index (χ0) is 22.6. The molecule has 0 saturated heterocycles. The number of amides is 1. The molecule has 6 nitrogen and oxygen atoms in total. The van der Waals surface area contributed by atoms with Gasteiger partial charge in [-0.05, 0) is 75.3 Å². The Kier molecular flexibility index (Phi) is 5.09. The zero-order valence-electron chi connectivity index (χ0n) is 19.0. The molecule has 4 saturated carbocycles. The average Bonchev–Trinajstić information content (AvgIpc) is 3.42. The second kappa shape index (κ2) is 8.01. The van der Waals surface area contributed by atoms with Gasteiger partial charge in [0.05, 0.1) is 40.4 Å². The van der Waals surface area contributed by atoms with E-state index in [2.05, 4.69) is 10.4 Å². The summed E-state index contributed by atoms with van der Waals surface area (Å²) in [6.07, 6.45) is 11.1. The van der Waals surface area contributed by atoms with Crippen molar-refractivity contribution in [1.29, 1.82) is 0 Å². The number of aromatic nitrogens is 4. The monoisotopic (exact) mass is 463 g/mol. The first-order valence-electron chi connectivity index (χ1n) is 12.2. The number of nitrogens with one attached hydrogen (secondary N) is 1. The van der Waals surface area contributed by atoms with E-state index in [1.807, 2.05) is 52.8 Å². The van der Waals surface area contributed by atoms with Crippen LogP contribution in [0.15, 0.2) is 42.7 Å². The molecule has 0 aliphatic heterocycles. The minimum absolute atomic E-state index is 0.0320. The van der Waals surface area contributed by atoms with Crippen molar-refractivity contribution in [2.75, 3.05) is 0 Å². The standard InChI is InChI=1S/C26H30ClN5O/c1-2-31-23(22(27)14-29-31)15-28-25(33)21-16-32(20-6-4-3-5-7-20)30-24(21)26-11-17-8-18(12-26)10-19(9-17)13-26/h3-7,14,16-19H,2,8-13,15H2,1H3,(H,28,33). The van der Waals surface area contributed by atoms with E-state index in [9.17, 15) is 4.79 Å². The van der Waals surface area contributed by atoms with Crippen LogP contribution in [0.2, 0.25) is 5.02 Å². The van der Waals surface area contributed by atoms with Crippen molar-refractivity contribution >= 4 is 17.5 Å². The summed E-state index contributed by atoms with van der Waals surface area (Å²) in [5.74, 6) is 2.27. The van der Waals surface area contributed by atoms with Crippen LogP contribution in [0.1, 0.15) is 67.2 Å². The molecule has 3 aromatic rings. The molecule has 7 heteroatoms. The Bertz CT molecular complexity index is 1150. The highest BCUT2D eigenvalue weighted by Crippen LogP contribution is 2.60. The molecule has 4 aliphatic carbocycles.